The number of ketones is 1. The first-order valence-corrected chi connectivity index (χ1v) is 15.4. The number of hydrogen-bond donors (Lipinski definition) is 5. The Kier molecular flexibility index (Phi) is 11.7. The van der Waals surface area contributed by atoms with Crippen LogP contribution < -0.4 is 16.2 Å². The number of carboxylic acids is 1. The fourth-order valence-corrected chi connectivity index (χ4v) is 5.34. The van der Waals surface area contributed by atoms with E-state index in [1.54, 1.807) is 43.5 Å². The predicted octanol–water partition coefficient (Wildman–Crippen LogP) is 5.07. The lowest BCUT2D eigenvalue weighted by atomic mass is 10.00. The minimum atomic E-state index is -3.84. The zero-order valence-corrected chi connectivity index (χ0v) is 24.8. The number of aromatic amines is 1. The SMILES string of the molecule is CCCS(=O)(=O)Nc1ccc(F)c(C(=O)c2c[nH]c3ncc(-c4ccc(Cl)cc4)cc23)c1F.NCCCC[C@H](N)C(=O)O. The summed E-state index contributed by atoms with van der Waals surface area (Å²) in [5.41, 5.74) is 10.9. The van der Waals surface area contributed by atoms with E-state index in [9.17, 15) is 22.4 Å². The summed E-state index contributed by atoms with van der Waals surface area (Å²) in [6, 6.07) is 9.75. The third kappa shape index (κ3) is 8.80. The number of sulfonamides is 1. The van der Waals surface area contributed by atoms with E-state index in [0.717, 1.165) is 30.5 Å². The number of H-pyrrole nitrogens is 1. The summed E-state index contributed by atoms with van der Waals surface area (Å²) in [4.78, 5) is 30.4. The van der Waals surface area contributed by atoms with Crippen molar-refractivity contribution in [2.24, 2.45) is 11.5 Å². The standard InChI is InChI=1S/C23H18ClF2N3O3S.C6H14N2O2/c1-2-9-33(31,32)29-19-8-7-18(25)20(21(19)26)22(30)17-12-28-23-16(17)10-14(11-27-23)13-3-5-15(24)6-4-13;7-4-2-1-3-5(8)6(9)10/h3-8,10-12,29H,2,9H2,1H3,(H,27,28);5H,1-4,7-8H2,(H,9,10)/t;5-/m.0/s1. The summed E-state index contributed by atoms with van der Waals surface area (Å²) in [5.74, 6) is -4.50. The Hall–Kier alpha value is -3.91. The molecule has 0 unspecified atom stereocenters. The molecule has 0 amide bonds. The van der Waals surface area contributed by atoms with Crippen molar-refractivity contribution in [3.05, 3.63) is 82.6 Å². The first-order chi connectivity index (χ1) is 20.4. The molecule has 7 N–H and O–H groups in total. The topological polar surface area (TPSA) is 181 Å². The molecule has 0 aliphatic rings. The van der Waals surface area contributed by atoms with Crippen LogP contribution in [0.3, 0.4) is 0 Å². The molecule has 2 heterocycles. The van der Waals surface area contributed by atoms with Crippen molar-refractivity contribution in [1.29, 1.82) is 0 Å². The predicted molar refractivity (Wildman–Crippen MR) is 163 cm³/mol. The van der Waals surface area contributed by atoms with Crippen molar-refractivity contribution in [2.45, 2.75) is 38.6 Å². The van der Waals surface area contributed by atoms with Crippen molar-refractivity contribution in [3.63, 3.8) is 0 Å². The lowest BCUT2D eigenvalue weighted by molar-refractivity contribution is -0.138. The third-order valence-electron chi connectivity index (χ3n) is 6.30. The van der Waals surface area contributed by atoms with E-state index in [1.165, 1.54) is 6.20 Å². The first kappa shape index (κ1) is 33.6. The van der Waals surface area contributed by atoms with Gasteiger partial charge in [0.25, 0.3) is 0 Å². The van der Waals surface area contributed by atoms with Crippen LogP contribution in [0.1, 0.15) is 48.5 Å². The van der Waals surface area contributed by atoms with Crippen LogP contribution >= 0.6 is 11.6 Å². The van der Waals surface area contributed by atoms with Crippen LogP contribution in [0, 0.1) is 11.6 Å². The molecule has 230 valence electrons. The van der Waals surface area contributed by atoms with Crippen LogP contribution in [-0.4, -0.2) is 53.6 Å². The molecule has 0 aliphatic heterocycles. The third-order valence-corrected chi connectivity index (χ3v) is 8.02. The highest BCUT2D eigenvalue weighted by molar-refractivity contribution is 7.92. The molecule has 0 radical (unpaired) electrons. The summed E-state index contributed by atoms with van der Waals surface area (Å²) >= 11 is 5.93. The lowest BCUT2D eigenvalue weighted by Gasteiger charge is -2.11. The molecule has 10 nitrogen and oxygen atoms in total. The number of nitrogens with two attached hydrogens (primary N) is 2. The molecule has 2 aromatic carbocycles. The molecule has 0 fully saturated rings. The summed E-state index contributed by atoms with van der Waals surface area (Å²) < 4.78 is 55.8. The average molecular weight is 636 g/mol. The summed E-state index contributed by atoms with van der Waals surface area (Å²) in [7, 11) is -3.84. The summed E-state index contributed by atoms with van der Waals surface area (Å²) in [6.07, 6.45) is 5.39. The number of aromatic nitrogens is 2. The monoisotopic (exact) mass is 635 g/mol. The number of nitrogens with one attached hydrogen (secondary N) is 2. The van der Waals surface area contributed by atoms with Crippen LogP contribution in [0.15, 0.2) is 54.9 Å². The van der Waals surface area contributed by atoms with Crippen molar-refractivity contribution in [2.75, 3.05) is 17.0 Å². The lowest BCUT2D eigenvalue weighted by Crippen LogP contribution is -2.29. The van der Waals surface area contributed by atoms with Gasteiger partial charge in [0.05, 0.1) is 17.0 Å². The van der Waals surface area contributed by atoms with E-state index in [4.69, 9.17) is 28.2 Å². The Morgan fingerprint density at radius 2 is 1.81 bits per heavy atom. The average Bonchev–Trinajstić information content (AvgIpc) is 3.39. The second-order valence-corrected chi connectivity index (χ2v) is 11.9. The summed E-state index contributed by atoms with van der Waals surface area (Å²) in [5, 5.41) is 9.25. The number of rotatable bonds is 12. The van der Waals surface area contributed by atoms with Gasteiger partial charge in [-0.25, -0.2) is 22.2 Å². The molecule has 0 saturated heterocycles. The van der Waals surface area contributed by atoms with Gasteiger partial charge in [0.1, 0.15) is 17.5 Å². The van der Waals surface area contributed by atoms with Crippen LogP contribution in [0.2, 0.25) is 5.02 Å². The molecule has 4 aromatic rings. The minimum Gasteiger partial charge on any atom is -0.480 e. The number of carboxylic acid groups (broad SMARTS) is 1. The second kappa shape index (κ2) is 15.0. The fourth-order valence-electron chi connectivity index (χ4n) is 4.08. The molecule has 4 rings (SSSR count). The van der Waals surface area contributed by atoms with Gasteiger partial charge in [-0.1, -0.05) is 37.1 Å². The number of benzene rings is 2. The number of aliphatic carboxylic acids is 1. The van der Waals surface area contributed by atoms with E-state index in [-0.39, 0.29) is 11.3 Å². The number of carbonyl (C=O) groups excluding carboxylic acids is 1. The molecular formula is C29H32ClF2N5O5S. The highest BCUT2D eigenvalue weighted by atomic mass is 35.5. The molecule has 43 heavy (non-hydrogen) atoms. The van der Waals surface area contributed by atoms with Crippen LogP contribution in [0.4, 0.5) is 14.5 Å². The first-order valence-electron chi connectivity index (χ1n) is 13.3. The number of nitrogens with zero attached hydrogens (tertiary/aromatic N) is 1. The largest absolute Gasteiger partial charge is 0.480 e. The normalized spacial score (nSPS) is 12.0. The Morgan fingerprint density at radius 1 is 1.12 bits per heavy atom. The molecule has 0 saturated carbocycles. The highest BCUT2D eigenvalue weighted by Gasteiger charge is 2.26. The smallest absolute Gasteiger partial charge is 0.320 e. The van der Waals surface area contributed by atoms with Gasteiger partial charge in [-0.3, -0.25) is 14.3 Å². The van der Waals surface area contributed by atoms with Crippen LogP contribution in [-0.2, 0) is 14.8 Å². The number of anilines is 1. The maximum Gasteiger partial charge on any atom is 0.320 e. The van der Waals surface area contributed by atoms with Crippen molar-refractivity contribution in [1.82, 2.24) is 9.97 Å². The Morgan fingerprint density at radius 3 is 2.44 bits per heavy atom. The number of halogens is 3. The summed E-state index contributed by atoms with van der Waals surface area (Å²) in [6.45, 7) is 2.25. The Labute approximate surface area is 252 Å². The van der Waals surface area contributed by atoms with Gasteiger partial charge in [0.2, 0.25) is 15.8 Å². The van der Waals surface area contributed by atoms with Gasteiger partial charge >= 0.3 is 5.97 Å². The number of hydrogen-bond acceptors (Lipinski definition) is 7. The van der Waals surface area contributed by atoms with Gasteiger partial charge < -0.3 is 21.6 Å². The highest BCUT2D eigenvalue weighted by Crippen LogP contribution is 2.30. The molecule has 0 aliphatic carbocycles. The van der Waals surface area contributed by atoms with Crippen molar-refractivity contribution in [3.8, 4) is 11.1 Å². The molecule has 14 heteroatoms. The zero-order chi connectivity index (χ0) is 31.7. The Balaban J connectivity index is 0.000000436. The molecule has 0 spiro atoms. The van der Waals surface area contributed by atoms with E-state index < -0.39 is 50.7 Å². The second-order valence-electron chi connectivity index (χ2n) is 9.59. The van der Waals surface area contributed by atoms with Crippen LogP contribution in [0.5, 0.6) is 0 Å². The van der Waals surface area contributed by atoms with Crippen molar-refractivity contribution < 1.29 is 31.9 Å². The van der Waals surface area contributed by atoms with E-state index in [1.807, 2.05) is 0 Å². The number of carbonyl (C=O) groups is 2. The van der Waals surface area contributed by atoms with Gasteiger partial charge in [-0.15, -0.1) is 0 Å². The molecular weight excluding hydrogens is 604 g/mol. The number of pyridine rings is 1. The van der Waals surface area contributed by atoms with Gasteiger partial charge in [0, 0.05) is 33.9 Å². The van der Waals surface area contributed by atoms with Gasteiger partial charge in [-0.2, -0.15) is 0 Å². The number of fused-ring (bicyclic) bond motifs is 1. The molecule has 0 bridgehead atoms. The Bertz CT molecular complexity index is 1700. The quantitative estimate of drug-likeness (QED) is 0.106. The maximum atomic E-state index is 15.1. The molecule has 1 atom stereocenters. The van der Waals surface area contributed by atoms with Gasteiger partial charge in [0.15, 0.2) is 5.82 Å². The van der Waals surface area contributed by atoms with Crippen molar-refractivity contribution >= 4 is 50.1 Å². The van der Waals surface area contributed by atoms with E-state index >= 15 is 4.39 Å². The molecule has 2 aromatic heterocycles. The van der Waals surface area contributed by atoms with Crippen LogP contribution in [0.25, 0.3) is 22.2 Å². The van der Waals surface area contributed by atoms with Gasteiger partial charge in [-0.05, 0) is 61.7 Å². The number of unbranched alkanes of at least 4 members (excludes halogenated alkanes) is 1. The zero-order valence-electron chi connectivity index (χ0n) is 23.2. The van der Waals surface area contributed by atoms with E-state index in [0.29, 0.717) is 41.0 Å². The van der Waals surface area contributed by atoms with E-state index in [2.05, 4.69) is 14.7 Å². The minimum absolute atomic E-state index is 0.000297. The fraction of sp³-hybridized carbons (Fsp3) is 0.276. The maximum absolute atomic E-state index is 15.1.